The molecule has 17 heavy (non-hydrogen) atoms. The summed E-state index contributed by atoms with van der Waals surface area (Å²) < 4.78 is 5.36. The molecule has 0 heterocycles. The first-order valence-corrected chi connectivity index (χ1v) is 6.35. The Kier molecular flexibility index (Phi) is 5.26. The summed E-state index contributed by atoms with van der Waals surface area (Å²) in [5.41, 5.74) is 0.810. The molecule has 0 aliphatic heterocycles. The minimum Gasteiger partial charge on any atom is -0.377 e. The number of benzene rings is 1. The molecular weight excluding hydrogens is 257 g/mol. The van der Waals surface area contributed by atoms with Crippen molar-refractivity contribution in [3.63, 3.8) is 0 Å². The quantitative estimate of drug-likeness (QED) is 0.875. The molecule has 0 aliphatic carbocycles. The largest absolute Gasteiger partial charge is 0.377 e. The van der Waals surface area contributed by atoms with E-state index in [1.165, 1.54) is 0 Å². The highest BCUT2D eigenvalue weighted by atomic mass is 35.5. The fraction of sp³-hybridized carbons (Fsp3) is 0.538. The predicted molar refractivity (Wildman–Crippen MR) is 74.0 cm³/mol. The monoisotopic (exact) mass is 275 g/mol. The van der Waals surface area contributed by atoms with Gasteiger partial charge in [-0.2, -0.15) is 0 Å². The normalized spacial score (nSPS) is 13.8. The number of methoxy groups -OCH3 is 1. The lowest BCUT2D eigenvalue weighted by Gasteiger charge is -2.26. The Hall–Kier alpha value is -0.280. The van der Waals surface area contributed by atoms with Crippen molar-refractivity contribution in [3.8, 4) is 0 Å². The van der Waals surface area contributed by atoms with Crippen molar-refractivity contribution in [3.05, 3.63) is 33.8 Å². The molecule has 0 saturated heterocycles. The van der Waals surface area contributed by atoms with Gasteiger partial charge in [0, 0.05) is 29.7 Å². The highest BCUT2D eigenvalue weighted by Crippen LogP contribution is 2.26. The van der Waals surface area contributed by atoms with Gasteiger partial charge in [-0.25, -0.2) is 0 Å². The standard InChI is InChI=1S/C13H19Cl2NO/c1-9(16-8-13(2,3)17-4)11-7-10(14)5-6-12(11)15/h5-7,9,16H,8H2,1-4H3. The van der Waals surface area contributed by atoms with E-state index in [4.69, 9.17) is 27.9 Å². The summed E-state index contributed by atoms with van der Waals surface area (Å²) in [4.78, 5) is 0. The van der Waals surface area contributed by atoms with Crippen LogP contribution in [0.25, 0.3) is 0 Å². The molecule has 0 bridgehead atoms. The summed E-state index contributed by atoms with van der Waals surface area (Å²) in [5.74, 6) is 0. The van der Waals surface area contributed by atoms with Crippen molar-refractivity contribution in [2.75, 3.05) is 13.7 Å². The van der Waals surface area contributed by atoms with Crippen LogP contribution >= 0.6 is 23.2 Å². The van der Waals surface area contributed by atoms with E-state index in [0.717, 1.165) is 17.1 Å². The van der Waals surface area contributed by atoms with Crippen molar-refractivity contribution in [1.29, 1.82) is 0 Å². The predicted octanol–water partition coefficient (Wildman–Crippen LogP) is 4.07. The molecular formula is C13H19Cl2NO. The lowest BCUT2D eigenvalue weighted by molar-refractivity contribution is 0.0214. The molecule has 0 saturated carbocycles. The third-order valence-corrected chi connectivity index (χ3v) is 3.39. The van der Waals surface area contributed by atoms with Crippen molar-refractivity contribution < 1.29 is 4.74 Å². The van der Waals surface area contributed by atoms with Gasteiger partial charge in [-0.3, -0.25) is 0 Å². The number of ether oxygens (including phenoxy) is 1. The van der Waals surface area contributed by atoms with Gasteiger partial charge in [0.05, 0.1) is 5.60 Å². The van der Waals surface area contributed by atoms with Gasteiger partial charge in [-0.05, 0) is 44.5 Å². The fourth-order valence-electron chi connectivity index (χ4n) is 1.43. The fourth-order valence-corrected chi connectivity index (χ4v) is 1.89. The van der Waals surface area contributed by atoms with Crippen molar-refractivity contribution in [2.45, 2.75) is 32.4 Å². The smallest absolute Gasteiger partial charge is 0.0746 e. The van der Waals surface area contributed by atoms with Gasteiger partial charge in [-0.1, -0.05) is 23.2 Å². The zero-order valence-corrected chi connectivity index (χ0v) is 12.2. The second kappa shape index (κ2) is 6.05. The van der Waals surface area contributed by atoms with E-state index in [1.54, 1.807) is 13.2 Å². The Bertz CT molecular complexity index is 380. The molecule has 96 valence electrons. The molecule has 0 amide bonds. The molecule has 0 fully saturated rings. The molecule has 1 aromatic carbocycles. The first-order valence-electron chi connectivity index (χ1n) is 5.59. The zero-order valence-electron chi connectivity index (χ0n) is 10.7. The van der Waals surface area contributed by atoms with Crippen LogP contribution in [0.1, 0.15) is 32.4 Å². The minimum absolute atomic E-state index is 0.135. The Morgan fingerprint density at radius 2 is 2.00 bits per heavy atom. The van der Waals surface area contributed by atoms with Gasteiger partial charge in [0.15, 0.2) is 0 Å². The SMILES string of the molecule is COC(C)(C)CNC(C)c1cc(Cl)ccc1Cl. The molecule has 1 atom stereocenters. The zero-order chi connectivity index (χ0) is 13.1. The summed E-state index contributed by atoms with van der Waals surface area (Å²) in [6.07, 6.45) is 0. The molecule has 1 rings (SSSR count). The van der Waals surface area contributed by atoms with Gasteiger partial charge in [0.1, 0.15) is 0 Å². The van der Waals surface area contributed by atoms with E-state index < -0.39 is 0 Å². The Labute approximate surface area is 113 Å². The van der Waals surface area contributed by atoms with Crippen molar-refractivity contribution in [1.82, 2.24) is 5.32 Å². The van der Waals surface area contributed by atoms with E-state index >= 15 is 0 Å². The average molecular weight is 276 g/mol. The van der Waals surface area contributed by atoms with Gasteiger partial charge < -0.3 is 10.1 Å². The van der Waals surface area contributed by atoms with Crippen LogP contribution in [0.15, 0.2) is 18.2 Å². The maximum atomic E-state index is 6.15. The number of halogens is 2. The Morgan fingerprint density at radius 1 is 1.35 bits per heavy atom. The summed E-state index contributed by atoms with van der Waals surface area (Å²) in [6, 6.07) is 5.63. The molecule has 1 N–H and O–H groups in total. The second-order valence-corrected chi connectivity index (χ2v) is 5.58. The van der Waals surface area contributed by atoms with Crippen LogP contribution in [0, 0.1) is 0 Å². The Morgan fingerprint density at radius 3 is 2.59 bits per heavy atom. The van der Waals surface area contributed by atoms with E-state index in [2.05, 4.69) is 12.2 Å². The van der Waals surface area contributed by atoms with E-state index in [-0.39, 0.29) is 11.6 Å². The van der Waals surface area contributed by atoms with Crippen molar-refractivity contribution >= 4 is 23.2 Å². The third-order valence-electron chi connectivity index (χ3n) is 2.81. The summed E-state index contributed by atoms with van der Waals surface area (Å²) in [7, 11) is 1.71. The molecule has 0 radical (unpaired) electrons. The summed E-state index contributed by atoms with van der Waals surface area (Å²) >= 11 is 12.1. The van der Waals surface area contributed by atoms with Gasteiger partial charge in [-0.15, -0.1) is 0 Å². The maximum Gasteiger partial charge on any atom is 0.0746 e. The van der Waals surface area contributed by atoms with Gasteiger partial charge in [0.25, 0.3) is 0 Å². The second-order valence-electron chi connectivity index (χ2n) is 4.73. The maximum absolute atomic E-state index is 6.15. The van der Waals surface area contributed by atoms with Crippen LogP contribution in [0.5, 0.6) is 0 Å². The van der Waals surface area contributed by atoms with Gasteiger partial charge in [0.2, 0.25) is 0 Å². The molecule has 1 unspecified atom stereocenters. The van der Waals surface area contributed by atoms with E-state index in [0.29, 0.717) is 5.02 Å². The first-order chi connectivity index (χ1) is 7.85. The Balaban J connectivity index is 2.70. The van der Waals surface area contributed by atoms with Crippen LogP contribution in [0.4, 0.5) is 0 Å². The van der Waals surface area contributed by atoms with E-state index in [9.17, 15) is 0 Å². The highest BCUT2D eigenvalue weighted by molar-refractivity contribution is 6.33. The molecule has 0 spiro atoms. The molecule has 1 aromatic rings. The van der Waals surface area contributed by atoms with Gasteiger partial charge >= 0.3 is 0 Å². The number of nitrogens with one attached hydrogen (secondary N) is 1. The number of hydrogen-bond donors (Lipinski definition) is 1. The van der Waals surface area contributed by atoms with Crippen LogP contribution in [0.3, 0.4) is 0 Å². The lowest BCUT2D eigenvalue weighted by atomic mass is 10.1. The minimum atomic E-state index is -0.195. The van der Waals surface area contributed by atoms with Crippen LogP contribution in [0.2, 0.25) is 10.0 Å². The third kappa shape index (κ3) is 4.47. The average Bonchev–Trinajstić information content (AvgIpc) is 2.29. The number of hydrogen-bond acceptors (Lipinski definition) is 2. The topological polar surface area (TPSA) is 21.3 Å². The van der Waals surface area contributed by atoms with Crippen LogP contribution in [-0.2, 0) is 4.74 Å². The van der Waals surface area contributed by atoms with Crippen molar-refractivity contribution in [2.24, 2.45) is 0 Å². The summed E-state index contributed by atoms with van der Waals surface area (Å²) in [6.45, 7) is 6.87. The molecule has 2 nitrogen and oxygen atoms in total. The lowest BCUT2D eigenvalue weighted by Crippen LogP contribution is -2.37. The molecule has 4 heteroatoms. The number of rotatable bonds is 5. The first kappa shape index (κ1) is 14.8. The molecule has 0 aromatic heterocycles. The summed E-state index contributed by atoms with van der Waals surface area (Å²) in [5, 5.41) is 4.81. The highest BCUT2D eigenvalue weighted by Gasteiger charge is 2.18. The van der Waals surface area contributed by atoms with E-state index in [1.807, 2.05) is 26.0 Å². The van der Waals surface area contributed by atoms with Crippen LogP contribution in [-0.4, -0.2) is 19.3 Å². The van der Waals surface area contributed by atoms with Crippen LogP contribution < -0.4 is 5.32 Å². The molecule has 0 aliphatic rings.